The van der Waals surface area contributed by atoms with E-state index in [1.165, 1.54) is 11.1 Å². The topological polar surface area (TPSA) is 9.23 Å². The first kappa shape index (κ1) is 12.0. The molecular formula is C12H20O. The number of hydrogen-bond donors (Lipinski definition) is 0. The lowest BCUT2D eigenvalue weighted by atomic mass is 10.1. The van der Waals surface area contributed by atoms with Gasteiger partial charge in [0.05, 0.1) is 7.11 Å². The zero-order chi connectivity index (χ0) is 10.3. The van der Waals surface area contributed by atoms with Crippen molar-refractivity contribution in [3.63, 3.8) is 0 Å². The lowest BCUT2D eigenvalue weighted by Crippen LogP contribution is -1.91. The van der Waals surface area contributed by atoms with Crippen LogP contribution in [0.5, 0.6) is 5.75 Å². The summed E-state index contributed by atoms with van der Waals surface area (Å²) in [5.74, 6) is 0.990. The highest BCUT2D eigenvalue weighted by molar-refractivity contribution is 5.38. The molecule has 0 bridgehead atoms. The minimum atomic E-state index is 0.990. The van der Waals surface area contributed by atoms with Crippen LogP contribution in [0.1, 0.15) is 31.9 Å². The molecule has 0 amide bonds. The Hall–Kier alpha value is -0.980. The molecule has 0 fully saturated rings. The van der Waals surface area contributed by atoms with E-state index in [1.54, 1.807) is 7.11 Å². The molecule has 1 aromatic carbocycles. The Balaban J connectivity index is 0.000000671. The van der Waals surface area contributed by atoms with Gasteiger partial charge in [0.2, 0.25) is 0 Å². The van der Waals surface area contributed by atoms with Gasteiger partial charge in [-0.1, -0.05) is 32.9 Å². The van der Waals surface area contributed by atoms with E-state index in [-0.39, 0.29) is 0 Å². The van der Waals surface area contributed by atoms with Crippen LogP contribution in [0.15, 0.2) is 18.2 Å². The Labute approximate surface area is 81.7 Å². The van der Waals surface area contributed by atoms with Gasteiger partial charge in [0.1, 0.15) is 5.75 Å². The maximum absolute atomic E-state index is 5.19. The smallest absolute Gasteiger partial charge is 0.122 e. The highest BCUT2D eigenvalue weighted by Gasteiger charge is 2.00. The molecule has 1 aromatic rings. The monoisotopic (exact) mass is 180 g/mol. The molecule has 0 unspecified atom stereocenters. The minimum Gasteiger partial charge on any atom is -0.496 e. The largest absolute Gasteiger partial charge is 0.496 e. The van der Waals surface area contributed by atoms with Gasteiger partial charge in [-0.25, -0.2) is 0 Å². The summed E-state index contributed by atoms with van der Waals surface area (Å²) in [4.78, 5) is 0. The van der Waals surface area contributed by atoms with Gasteiger partial charge in [-0.3, -0.25) is 0 Å². The Morgan fingerprint density at radius 3 is 2.31 bits per heavy atom. The van der Waals surface area contributed by atoms with E-state index in [0.29, 0.717) is 0 Å². The third kappa shape index (κ3) is 3.10. The molecule has 0 saturated heterocycles. The van der Waals surface area contributed by atoms with Crippen molar-refractivity contribution in [1.82, 2.24) is 0 Å². The summed E-state index contributed by atoms with van der Waals surface area (Å²) in [6, 6.07) is 6.16. The van der Waals surface area contributed by atoms with E-state index in [4.69, 9.17) is 4.74 Å². The molecular weight excluding hydrogens is 160 g/mol. The summed E-state index contributed by atoms with van der Waals surface area (Å²) in [6.45, 7) is 8.25. The second-order valence-corrected chi connectivity index (χ2v) is 2.60. The van der Waals surface area contributed by atoms with Crippen molar-refractivity contribution in [2.45, 2.75) is 34.1 Å². The molecule has 0 atom stereocenters. The van der Waals surface area contributed by atoms with Crippen LogP contribution >= 0.6 is 0 Å². The average Bonchev–Trinajstić information content (AvgIpc) is 2.21. The highest BCUT2D eigenvalue weighted by atomic mass is 16.5. The summed E-state index contributed by atoms with van der Waals surface area (Å²) in [7, 11) is 1.71. The third-order valence-electron chi connectivity index (χ3n) is 2.00. The second kappa shape index (κ2) is 6.53. The number of benzene rings is 1. The normalized spacial score (nSPS) is 8.69. The van der Waals surface area contributed by atoms with Crippen LogP contribution in [-0.4, -0.2) is 7.11 Å². The Bertz CT molecular complexity index is 219. The molecule has 1 heteroatoms. The van der Waals surface area contributed by atoms with Crippen LogP contribution in [0.4, 0.5) is 0 Å². The molecule has 13 heavy (non-hydrogen) atoms. The van der Waals surface area contributed by atoms with E-state index in [9.17, 15) is 0 Å². The van der Waals surface area contributed by atoms with Crippen molar-refractivity contribution in [3.8, 4) is 5.75 Å². The standard InChI is InChI=1S/C10H14O.C2H6/c1-4-9-6-5-7-10(11-3)8(9)2;1-2/h5-7H,4H2,1-3H3;1-2H3. The number of rotatable bonds is 2. The molecule has 0 saturated carbocycles. The van der Waals surface area contributed by atoms with E-state index in [1.807, 2.05) is 26.0 Å². The van der Waals surface area contributed by atoms with Crippen LogP contribution in [0.2, 0.25) is 0 Å². The summed E-state index contributed by atoms with van der Waals surface area (Å²) in [5.41, 5.74) is 2.63. The predicted molar refractivity (Wildman–Crippen MR) is 58.5 cm³/mol. The number of methoxy groups -OCH3 is 1. The fourth-order valence-corrected chi connectivity index (χ4v) is 1.26. The molecule has 0 radical (unpaired) electrons. The van der Waals surface area contributed by atoms with Gasteiger partial charge in [0.25, 0.3) is 0 Å². The van der Waals surface area contributed by atoms with Gasteiger partial charge in [-0.15, -0.1) is 0 Å². The molecule has 0 aliphatic heterocycles. The van der Waals surface area contributed by atoms with Crippen LogP contribution in [0.25, 0.3) is 0 Å². The van der Waals surface area contributed by atoms with Gasteiger partial charge in [0, 0.05) is 0 Å². The van der Waals surface area contributed by atoms with E-state index in [0.717, 1.165) is 12.2 Å². The van der Waals surface area contributed by atoms with Gasteiger partial charge in [-0.05, 0) is 30.5 Å². The molecule has 0 N–H and O–H groups in total. The predicted octanol–water partition coefficient (Wildman–Crippen LogP) is 3.59. The average molecular weight is 180 g/mol. The number of ether oxygens (including phenoxy) is 1. The summed E-state index contributed by atoms with van der Waals surface area (Å²) < 4.78 is 5.19. The quantitative estimate of drug-likeness (QED) is 0.675. The second-order valence-electron chi connectivity index (χ2n) is 2.60. The fraction of sp³-hybridized carbons (Fsp3) is 0.500. The molecule has 0 aromatic heterocycles. The van der Waals surface area contributed by atoms with Crippen molar-refractivity contribution in [2.24, 2.45) is 0 Å². The molecule has 0 spiro atoms. The Morgan fingerprint density at radius 1 is 1.23 bits per heavy atom. The first-order valence-corrected chi connectivity index (χ1v) is 4.92. The van der Waals surface area contributed by atoms with Crippen LogP contribution in [0.3, 0.4) is 0 Å². The Morgan fingerprint density at radius 2 is 1.85 bits per heavy atom. The van der Waals surface area contributed by atoms with Gasteiger partial charge in [-0.2, -0.15) is 0 Å². The number of aryl methyl sites for hydroxylation is 1. The first-order valence-electron chi connectivity index (χ1n) is 4.92. The zero-order valence-corrected chi connectivity index (χ0v) is 9.35. The minimum absolute atomic E-state index is 0.990. The maximum atomic E-state index is 5.19. The lowest BCUT2D eigenvalue weighted by Gasteiger charge is -2.07. The van der Waals surface area contributed by atoms with E-state index < -0.39 is 0 Å². The summed E-state index contributed by atoms with van der Waals surface area (Å²) >= 11 is 0. The lowest BCUT2D eigenvalue weighted by molar-refractivity contribution is 0.411. The molecule has 0 heterocycles. The summed E-state index contributed by atoms with van der Waals surface area (Å²) in [6.07, 6.45) is 1.07. The summed E-state index contributed by atoms with van der Waals surface area (Å²) in [5, 5.41) is 0. The molecule has 0 aliphatic carbocycles. The first-order chi connectivity index (χ1) is 6.29. The maximum Gasteiger partial charge on any atom is 0.122 e. The zero-order valence-electron chi connectivity index (χ0n) is 9.35. The molecule has 1 rings (SSSR count). The van der Waals surface area contributed by atoms with Gasteiger partial charge < -0.3 is 4.74 Å². The SMILES string of the molecule is CC.CCc1cccc(OC)c1C. The van der Waals surface area contributed by atoms with Crippen molar-refractivity contribution < 1.29 is 4.74 Å². The van der Waals surface area contributed by atoms with Crippen molar-refractivity contribution in [3.05, 3.63) is 29.3 Å². The van der Waals surface area contributed by atoms with Gasteiger partial charge in [0.15, 0.2) is 0 Å². The van der Waals surface area contributed by atoms with E-state index >= 15 is 0 Å². The highest BCUT2D eigenvalue weighted by Crippen LogP contribution is 2.20. The fourth-order valence-electron chi connectivity index (χ4n) is 1.26. The van der Waals surface area contributed by atoms with Crippen molar-refractivity contribution >= 4 is 0 Å². The van der Waals surface area contributed by atoms with Crippen LogP contribution in [-0.2, 0) is 6.42 Å². The van der Waals surface area contributed by atoms with Crippen LogP contribution < -0.4 is 4.74 Å². The Kier molecular flexibility index (Phi) is 6.03. The molecule has 1 nitrogen and oxygen atoms in total. The van der Waals surface area contributed by atoms with Crippen molar-refractivity contribution in [1.29, 1.82) is 0 Å². The van der Waals surface area contributed by atoms with E-state index in [2.05, 4.69) is 19.9 Å². The van der Waals surface area contributed by atoms with Crippen molar-refractivity contribution in [2.75, 3.05) is 7.11 Å². The molecule has 0 aliphatic rings. The third-order valence-corrected chi connectivity index (χ3v) is 2.00. The van der Waals surface area contributed by atoms with Gasteiger partial charge >= 0.3 is 0 Å². The number of hydrogen-bond acceptors (Lipinski definition) is 1. The van der Waals surface area contributed by atoms with Crippen LogP contribution in [0, 0.1) is 6.92 Å². The molecule has 74 valence electrons.